The first-order chi connectivity index (χ1) is 9.65. The Morgan fingerprint density at radius 2 is 1.80 bits per heavy atom. The largest absolute Gasteiger partial charge is 0.496 e. The van der Waals surface area contributed by atoms with Crippen LogP contribution in [0.15, 0.2) is 42.5 Å². The van der Waals surface area contributed by atoms with Crippen LogP contribution in [0, 0.1) is 6.92 Å². The van der Waals surface area contributed by atoms with Crippen LogP contribution in [0.4, 0.5) is 0 Å². The number of ether oxygens (including phenoxy) is 2. The Hall–Kier alpha value is -2.29. The molecule has 0 unspecified atom stereocenters. The normalized spacial score (nSPS) is 10.2. The molecule has 0 aliphatic rings. The van der Waals surface area contributed by atoms with E-state index in [9.17, 15) is 4.79 Å². The number of benzene rings is 2. The Morgan fingerprint density at radius 3 is 2.40 bits per heavy atom. The van der Waals surface area contributed by atoms with E-state index in [0.717, 1.165) is 11.1 Å². The lowest BCUT2D eigenvalue weighted by Gasteiger charge is -2.11. The predicted octanol–water partition coefficient (Wildman–Crippen LogP) is 3.85. The van der Waals surface area contributed by atoms with E-state index in [2.05, 4.69) is 0 Å². The third-order valence-electron chi connectivity index (χ3n) is 3.08. The maximum atomic E-state index is 11.7. The molecule has 0 atom stereocenters. The van der Waals surface area contributed by atoms with Gasteiger partial charge in [0, 0.05) is 5.56 Å². The molecule has 0 aliphatic carbocycles. The molecule has 0 N–H and O–H groups in total. The van der Waals surface area contributed by atoms with Crippen molar-refractivity contribution in [2.45, 2.75) is 13.8 Å². The summed E-state index contributed by atoms with van der Waals surface area (Å²) in [6.45, 7) is 4.20. The van der Waals surface area contributed by atoms with E-state index in [1.807, 2.05) is 37.3 Å². The molecule has 3 heteroatoms. The summed E-state index contributed by atoms with van der Waals surface area (Å²) in [6.07, 6.45) is 0. The first-order valence-electron chi connectivity index (χ1n) is 6.58. The van der Waals surface area contributed by atoms with E-state index in [1.54, 1.807) is 26.2 Å². The number of carbonyl (C=O) groups is 1. The molecule has 0 bridgehead atoms. The van der Waals surface area contributed by atoms with Crippen molar-refractivity contribution < 1.29 is 14.3 Å². The van der Waals surface area contributed by atoms with Gasteiger partial charge in [0.2, 0.25) is 0 Å². The van der Waals surface area contributed by atoms with Crippen LogP contribution in [0.5, 0.6) is 5.75 Å². The molecule has 20 heavy (non-hydrogen) atoms. The summed E-state index contributed by atoms with van der Waals surface area (Å²) in [6, 6.07) is 13.5. The molecule has 0 fully saturated rings. The zero-order valence-electron chi connectivity index (χ0n) is 12.0. The second-order valence-corrected chi connectivity index (χ2v) is 4.50. The predicted molar refractivity (Wildman–Crippen MR) is 79.1 cm³/mol. The van der Waals surface area contributed by atoms with Gasteiger partial charge in [0.05, 0.1) is 19.3 Å². The second kappa shape index (κ2) is 6.24. The third-order valence-corrected chi connectivity index (χ3v) is 3.08. The molecule has 0 radical (unpaired) electrons. The summed E-state index contributed by atoms with van der Waals surface area (Å²) in [5.41, 5.74) is 3.72. The average Bonchev–Trinajstić information content (AvgIpc) is 2.47. The molecule has 0 saturated heterocycles. The van der Waals surface area contributed by atoms with Gasteiger partial charge in [-0.2, -0.15) is 0 Å². The highest BCUT2D eigenvalue weighted by atomic mass is 16.5. The SMILES string of the molecule is CCOC(=O)c1ccc(-c2ccc(C)cc2)c(OC)c1. The minimum Gasteiger partial charge on any atom is -0.496 e. The molecule has 0 saturated carbocycles. The zero-order chi connectivity index (χ0) is 14.5. The fourth-order valence-corrected chi connectivity index (χ4v) is 2.00. The van der Waals surface area contributed by atoms with Gasteiger partial charge in [-0.25, -0.2) is 4.79 Å². The lowest BCUT2D eigenvalue weighted by molar-refractivity contribution is 0.0526. The minimum absolute atomic E-state index is 0.332. The van der Waals surface area contributed by atoms with Crippen molar-refractivity contribution in [3.05, 3.63) is 53.6 Å². The molecule has 0 aromatic heterocycles. The number of esters is 1. The van der Waals surface area contributed by atoms with Crippen LogP contribution in [-0.2, 0) is 4.74 Å². The van der Waals surface area contributed by atoms with Gasteiger partial charge in [-0.1, -0.05) is 29.8 Å². The van der Waals surface area contributed by atoms with Gasteiger partial charge >= 0.3 is 5.97 Å². The van der Waals surface area contributed by atoms with E-state index in [0.29, 0.717) is 17.9 Å². The molecule has 0 spiro atoms. The molecule has 0 amide bonds. The number of aryl methyl sites for hydroxylation is 1. The van der Waals surface area contributed by atoms with Crippen LogP contribution in [0.2, 0.25) is 0 Å². The number of rotatable bonds is 4. The first kappa shape index (κ1) is 14.1. The lowest BCUT2D eigenvalue weighted by atomic mass is 10.0. The molecule has 2 aromatic rings. The Balaban J connectivity index is 2.40. The van der Waals surface area contributed by atoms with Crippen LogP contribution >= 0.6 is 0 Å². The first-order valence-corrected chi connectivity index (χ1v) is 6.58. The van der Waals surface area contributed by atoms with Gasteiger partial charge in [-0.3, -0.25) is 0 Å². The number of carbonyl (C=O) groups excluding carboxylic acids is 1. The Kier molecular flexibility index (Phi) is 4.41. The van der Waals surface area contributed by atoms with Crippen molar-refractivity contribution in [3.63, 3.8) is 0 Å². The van der Waals surface area contributed by atoms with Gasteiger partial charge in [0.15, 0.2) is 0 Å². The summed E-state index contributed by atoms with van der Waals surface area (Å²) in [5, 5.41) is 0. The van der Waals surface area contributed by atoms with E-state index >= 15 is 0 Å². The highest BCUT2D eigenvalue weighted by Crippen LogP contribution is 2.31. The summed E-state index contributed by atoms with van der Waals surface area (Å²) < 4.78 is 10.4. The van der Waals surface area contributed by atoms with Crippen molar-refractivity contribution >= 4 is 5.97 Å². The molecule has 2 rings (SSSR count). The molecule has 3 nitrogen and oxygen atoms in total. The van der Waals surface area contributed by atoms with Crippen molar-refractivity contribution in [2.24, 2.45) is 0 Å². The van der Waals surface area contributed by atoms with Crippen LogP contribution in [0.25, 0.3) is 11.1 Å². The van der Waals surface area contributed by atoms with Gasteiger partial charge in [0.25, 0.3) is 0 Å². The standard InChI is InChI=1S/C17H18O3/c1-4-20-17(18)14-9-10-15(16(11-14)19-3)13-7-5-12(2)6-8-13/h5-11H,4H2,1-3H3. The minimum atomic E-state index is -0.332. The Labute approximate surface area is 119 Å². The fourth-order valence-electron chi connectivity index (χ4n) is 2.00. The number of hydrogen-bond donors (Lipinski definition) is 0. The van der Waals surface area contributed by atoms with Crippen molar-refractivity contribution in [1.29, 1.82) is 0 Å². The lowest BCUT2D eigenvalue weighted by Crippen LogP contribution is -2.05. The second-order valence-electron chi connectivity index (χ2n) is 4.50. The quantitative estimate of drug-likeness (QED) is 0.792. The Morgan fingerprint density at radius 1 is 1.10 bits per heavy atom. The molecular formula is C17H18O3. The maximum absolute atomic E-state index is 11.7. The summed E-state index contributed by atoms with van der Waals surface area (Å²) in [4.78, 5) is 11.7. The Bertz CT molecular complexity index is 600. The molecular weight excluding hydrogens is 252 g/mol. The molecule has 0 heterocycles. The summed E-state index contributed by atoms with van der Waals surface area (Å²) in [7, 11) is 1.60. The van der Waals surface area contributed by atoms with Crippen LogP contribution in [-0.4, -0.2) is 19.7 Å². The van der Waals surface area contributed by atoms with Gasteiger partial charge in [-0.05, 0) is 37.6 Å². The molecule has 0 aliphatic heterocycles. The third kappa shape index (κ3) is 2.99. The zero-order valence-corrected chi connectivity index (χ0v) is 12.0. The smallest absolute Gasteiger partial charge is 0.338 e. The summed E-state index contributed by atoms with van der Waals surface area (Å²) >= 11 is 0. The van der Waals surface area contributed by atoms with E-state index in [4.69, 9.17) is 9.47 Å². The maximum Gasteiger partial charge on any atom is 0.338 e. The van der Waals surface area contributed by atoms with Crippen LogP contribution in [0.3, 0.4) is 0 Å². The van der Waals surface area contributed by atoms with Gasteiger partial charge in [-0.15, -0.1) is 0 Å². The molecule has 104 valence electrons. The van der Waals surface area contributed by atoms with Crippen LogP contribution < -0.4 is 4.74 Å². The van der Waals surface area contributed by atoms with Gasteiger partial charge < -0.3 is 9.47 Å². The van der Waals surface area contributed by atoms with Crippen molar-refractivity contribution in [3.8, 4) is 16.9 Å². The van der Waals surface area contributed by atoms with E-state index in [-0.39, 0.29) is 5.97 Å². The van der Waals surface area contributed by atoms with Crippen molar-refractivity contribution in [1.82, 2.24) is 0 Å². The number of methoxy groups -OCH3 is 1. The topological polar surface area (TPSA) is 35.5 Å². The average molecular weight is 270 g/mol. The van der Waals surface area contributed by atoms with E-state index < -0.39 is 0 Å². The van der Waals surface area contributed by atoms with Crippen LogP contribution in [0.1, 0.15) is 22.8 Å². The monoisotopic (exact) mass is 270 g/mol. The fraction of sp³-hybridized carbons (Fsp3) is 0.235. The summed E-state index contributed by atoms with van der Waals surface area (Å²) in [5.74, 6) is 0.334. The van der Waals surface area contributed by atoms with Gasteiger partial charge in [0.1, 0.15) is 5.75 Å². The highest BCUT2D eigenvalue weighted by Gasteiger charge is 2.12. The molecule has 2 aromatic carbocycles. The van der Waals surface area contributed by atoms with E-state index in [1.165, 1.54) is 5.56 Å². The van der Waals surface area contributed by atoms with Crippen molar-refractivity contribution in [2.75, 3.05) is 13.7 Å². The number of hydrogen-bond acceptors (Lipinski definition) is 3. The highest BCUT2D eigenvalue weighted by molar-refractivity contribution is 5.91.